The second kappa shape index (κ2) is 7.69. The topological polar surface area (TPSA) is 67.4 Å². The number of hydrogen-bond acceptors (Lipinski definition) is 5. The van der Waals surface area contributed by atoms with Crippen molar-refractivity contribution in [2.45, 2.75) is 43.5 Å². The Labute approximate surface area is 131 Å². The molecule has 2 N–H and O–H groups in total. The Morgan fingerprint density at radius 3 is 2.90 bits per heavy atom. The van der Waals surface area contributed by atoms with Crippen molar-refractivity contribution in [1.82, 2.24) is 10.0 Å². The summed E-state index contributed by atoms with van der Waals surface area (Å²) in [7, 11) is -3.39. The van der Waals surface area contributed by atoms with Gasteiger partial charge in [-0.2, -0.15) is 0 Å². The molecule has 5 nitrogen and oxygen atoms in total. The lowest BCUT2D eigenvalue weighted by molar-refractivity contribution is 0.0568. The van der Waals surface area contributed by atoms with Crippen LogP contribution in [0, 0.1) is 5.92 Å². The Bertz CT molecular complexity index is 534. The molecule has 0 radical (unpaired) electrons. The van der Waals surface area contributed by atoms with Crippen LogP contribution in [-0.2, 0) is 21.3 Å². The number of hydrogen-bond donors (Lipinski definition) is 2. The van der Waals surface area contributed by atoms with Gasteiger partial charge in [0.2, 0.25) is 10.0 Å². The van der Waals surface area contributed by atoms with Crippen LogP contribution in [0.4, 0.5) is 0 Å². The lowest BCUT2D eigenvalue weighted by Gasteiger charge is -2.21. The Morgan fingerprint density at radius 1 is 1.43 bits per heavy atom. The van der Waals surface area contributed by atoms with Crippen molar-refractivity contribution in [3.05, 3.63) is 17.0 Å². The van der Waals surface area contributed by atoms with E-state index in [1.54, 1.807) is 6.07 Å². The quantitative estimate of drug-likeness (QED) is 0.801. The van der Waals surface area contributed by atoms with Gasteiger partial charge in [-0.15, -0.1) is 11.3 Å². The van der Waals surface area contributed by atoms with Crippen LogP contribution in [0.15, 0.2) is 16.3 Å². The molecule has 0 aliphatic carbocycles. The average Bonchev–Trinajstić information content (AvgIpc) is 2.94. The first-order valence-electron chi connectivity index (χ1n) is 7.37. The van der Waals surface area contributed by atoms with Gasteiger partial charge < -0.3 is 10.1 Å². The molecule has 0 saturated carbocycles. The van der Waals surface area contributed by atoms with Gasteiger partial charge in [-0.25, -0.2) is 13.1 Å². The predicted octanol–water partition coefficient (Wildman–Crippen LogP) is 1.95. The van der Waals surface area contributed by atoms with Crippen LogP contribution in [0.2, 0.25) is 0 Å². The van der Waals surface area contributed by atoms with Crippen LogP contribution in [0.3, 0.4) is 0 Å². The first kappa shape index (κ1) is 16.9. The van der Waals surface area contributed by atoms with Gasteiger partial charge in [-0.3, -0.25) is 0 Å². The van der Waals surface area contributed by atoms with Crippen LogP contribution >= 0.6 is 11.3 Å². The maximum absolute atomic E-state index is 12.3. The van der Waals surface area contributed by atoms with E-state index in [9.17, 15) is 8.42 Å². The minimum absolute atomic E-state index is 0.288. The lowest BCUT2D eigenvalue weighted by Crippen LogP contribution is -2.32. The molecular formula is C14H24N2O3S2. The molecule has 1 aromatic rings. The van der Waals surface area contributed by atoms with Crippen molar-refractivity contribution >= 4 is 21.4 Å². The molecule has 1 atom stereocenters. The van der Waals surface area contributed by atoms with Crippen molar-refractivity contribution in [1.29, 1.82) is 0 Å². The highest BCUT2D eigenvalue weighted by molar-refractivity contribution is 7.91. The third-order valence-electron chi connectivity index (χ3n) is 3.40. The molecule has 2 heterocycles. The second-order valence-electron chi connectivity index (χ2n) is 5.69. The number of nitrogens with one attached hydrogen (secondary N) is 2. The molecule has 1 aromatic heterocycles. The van der Waals surface area contributed by atoms with Crippen molar-refractivity contribution in [2.24, 2.45) is 5.92 Å². The molecular weight excluding hydrogens is 308 g/mol. The van der Waals surface area contributed by atoms with Crippen molar-refractivity contribution in [2.75, 3.05) is 19.8 Å². The normalized spacial score (nSPS) is 20.0. The van der Waals surface area contributed by atoms with E-state index in [1.165, 1.54) is 11.3 Å². The van der Waals surface area contributed by atoms with Crippen molar-refractivity contribution < 1.29 is 13.2 Å². The third kappa shape index (κ3) is 5.34. The molecule has 0 aromatic carbocycles. The summed E-state index contributed by atoms with van der Waals surface area (Å²) in [6, 6.07) is 3.94. The molecule has 0 bridgehead atoms. The van der Waals surface area contributed by atoms with Gasteiger partial charge in [0.25, 0.3) is 0 Å². The van der Waals surface area contributed by atoms with Gasteiger partial charge in [-0.1, -0.05) is 13.8 Å². The molecule has 1 saturated heterocycles. The minimum atomic E-state index is -3.39. The van der Waals surface area contributed by atoms with Crippen molar-refractivity contribution in [3.63, 3.8) is 0 Å². The molecule has 1 unspecified atom stereocenters. The first-order chi connectivity index (χ1) is 9.97. The fourth-order valence-electron chi connectivity index (χ4n) is 2.17. The van der Waals surface area contributed by atoms with E-state index in [0.29, 0.717) is 29.9 Å². The van der Waals surface area contributed by atoms with Crippen LogP contribution < -0.4 is 10.0 Å². The number of ether oxygens (including phenoxy) is 1. The smallest absolute Gasteiger partial charge is 0.250 e. The molecule has 2 rings (SSSR count). The van der Waals surface area contributed by atoms with Crippen LogP contribution in [0.5, 0.6) is 0 Å². The van der Waals surface area contributed by atoms with Gasteiger partial charge in [0.1, 0.15) is 4.21 Å². The average molecular weight is 332 g/mol. The number of rotatable bonds is 7. The Morgan fingerprint density at radius 2 is 2.24 bits per heavy atom. The zero-order valence-corrected chi connectivity index (χ0v) is 14.2. The largest absolute Gasteiger partial charge is 0.381 e. The predicted molar refractivity (Wildman–Crippen MR) is 85.0 cm³/mol. The summed E-state index contributed by atoms with van der Waals surface area (Å²) >= 11 is 1.32. The summed E-state index contributed by atoms with van der Waals surface area (Å²) in [5.41, 5.74) is 0. The van der Waals surface area contributed by atoms with Gasteiger partial charge in [-0.05, 0) is 30.9 Å². The monoisotopic (exact) mass is 332 g/mol. The van der Waals surface area contributed by atoms with Gasteiger partial charge in [0.15, 0.2) is 0 Å². The molecule has 1 fully saturated rings. The molecule has 0 spiro atoms. The molecule has 0 amide bonds. The third-order valence-corrected chi connectivity index (χ3v) is 6.40. The first-order valence-corrected chi connectivity index (χ1v) is 9.67. The van der Waals surface area contributed by atoms with E-state index in [-0.39, 0.29) is 5.92 Å². The standard InChI is InChI=1S/C14H24N2O3S2/c1-11(2)15-9-13-5-6-14(20-13)21(17,18)16-8-12-4-3-7-19-10-12/h5-6,11-12,15-16H,3-4,7-10H2,1-2H3. The number of thiophene rings is 1. The SMILES string of the molecule is CC(C)NCc1ccc(S(=O)(=O)NCC2CCCOC2)s1. The van der Waals surface area contributed by atoms with E-state index in [2.05, 4.69) is 23.9 Å². The Balaban J connectivity index is 1.89. The number of sulfonamides is 1. The highest BCUT2D eigenvalue weighted by atomic mass is 32.2. The lowest BCUT2D eigenvalue weighted by atomic mass is 10.0. The fourth-order valence-corrected chi connectivity index (χ4v) is 4.64. The zero-order chi connectivity index (χ0) is 15.3. The van der Waals surface area contributed by atoms with Crippen LogP contribution in [0.1, 0.15) is 31.6 Å². The Kier molecular flexibility index (Phi) is 6.19. The van der Waals surface area contributed by atoms with E-state index in [4.69, 9.17) is 4.74 Å². The molecule has 120 valence electrons. The van der Waals surface area contributed by atoms with Crippen LogP contribution in [-0.4, -0.2) is 34.2 Å². The molecule has 1 aliphatic heterocycles. The minimum Gasteiger partial charge on any atom is -0.381 e. The fraction of sp³-hybridized carbons (Fsp3) is 0.714. The van der Waals surface area contributed by atoms with Gasteiger partial charge >= 0.3 is 0 Å². The second-order valence-corrected chi connectivity index (χ2v) is 8.85. The highest BCUT2D eigenvalue weighted by Crippen LogP contribution is 2.22. The maximum atomic E-state index is 12.3. The highest BCUT2D eigenvalue weighted by Gasteiger charge is 2.20. The summed E-state index contributed by atoms with van der Waals surface area (Å²) in [6.45, 7) is 6.74. The molecule has 21 heavy (non-hydrogen) atoms. The zero-order valence-electron chi connectivity index (χ0n) is 12.6. The Hall–Kier alpha value is -0.470. The summed E-state index contributed by atoms with van der Waals surface area (Å²) in [5.74, 6) is 0.288. The summed E-state index contributed by atoms with van der Waals surface area (Å²) in [5, 5.41) is 3.29. The van der Waals surface area contributed by atoms with Crippen molar-refractivity contribution in [3.8, 4) is 0 Å². The van der Waals surface area contributed by atoms with E-state index in [1.807, 2.05) is 6.07 Å². The summed E-state index contributed by atoms with van der Waals surface area (Å²) in [6.07, 6.45) is 2.03. The summed E-state index contributed by atoms with van der Waals surface area (Å²) < 4.78 is 33.0. The van der Waals surface area contributed by atoms with E-state index in [0.717, 1.165) is 24.3 Å². The van der Waals surface area contributed by atoms with Crippen LogP contribution in [0.25, 0.3) is 0 Å². The molecule has 7 heteroatoms. The van der Waals surface area contributed by atoms with Gasteiger partial charge in [0.05, 0.1) is 6.61 Å². The van der Waals surface area contributed by atoms with Gasteiger partial charge in [0, 0.05) is 30.6 Å². The summed E-state index contributed by atoms with van der Waals surface area (Å²) in [4.78, 5) is 1.03. The maximum Gasteiger partial charge on any atom is 0.250 e. The van der Waals surface area contributed by atoms with E-state index >= 15 is 0 Å². The van der Waals surface area contributed by atoms with E-state index < -0.39 is 10.0 Å². The molecule has 1 aliphatic rings.